The molecule has 1 aliphatic heterocycles. The molecule has 1 fully saturated rings. The highest BCUT2D eigenvalue weighted by atomic mass is 79.9. The molecule has 3 rings (SSSR count). The van der Waals surface area contributed by atoms with Crippen molar-refractivity contribution in [1.82, 2.24) is 16.0 Å². The highest BCUT2D eigenvalue weighted by Gasteiger charge is 2.35. The average Bonchev–Trinajstić information content (AvgIpc) is 2.80. The average molecular weight is 688 g/mol. The molecule has 0 unspecified atom stereocenters. The highest BCUT2D eigenvalue weighted by Crippen LogP contribution is 2.30. The molecule has 1 heterocycles. The molecule has 0 saturated carbocycles. The van der Waals surface area contributed by atoms with E-state index in [1.807, 2.05) is 36.4 Å². The van der Waals surface area contributed by atoms with Gasteiger partial charge in [0.25, 0.3) is 5.91 Å². The normalized spacial score (nSPS) is 16.1. The standard InChI is InChI=1S/C25H31BBr3N3O4/c1-16(2)12-22(26-35-10-8-30-9-11-36-26)32-25(34)21(13-17-6-4-3-5-7-17)31-24(33)19-14-18(27)15-20(28)23(19)29/h3-7,14-16,21-22,30H,8-13H2,1-2H3,(H,31,33)(H,32,34)/t21-,22-/m0/s1. The Morgan fingerprint density at radius 2 is 1.69 bits per heavy atom. The van der Waals surface area contributed by atoms with Crippen molar-refractivity contribution >= 4 is 66.7 Å². The van der Waals surface area contributed by atoms with Crippen LogP contribution in [0.1, 0.15) is 36.2 Å². The molecule has 194 valence electrons. The number of halogens is 3. The van der Waals surface area contributed by atoms with E-state index in [0.717, 1.165) is 27.6 Å². The summed E-state index contributed by atoms with van der Waals surface area (Å²) >= 11 is 10.4. The zero-order chi connectivity index (χ0) is 26.1. The van der Waals surface area contributed by atoms with Gasteiger partial charge in [-0.3, -0.25) is 9.59 Å². The van der Waals surface area contributed by atoms with Crippen LogP contribution in [0.3, 0.4) is 0 Å². The number of carbonyl (C=O) groups is 2. The van der Waals surface area contributed by atoms with Crippen molar-refractivity contribution in [2.45, 2.75) is 38.7 Å². The fourth-order valence-electron chi connectivity index (χ4n) is 3.95. The molecule has 0 radical (unpaired) electrons. The lowest BCUT2D eigenvalue weighted by molar-refractivity contribution is -0.123. The molecule has 2 atom stereocenters. The van der Waals surface area contributed by atoms with Crippen LogP contribution >= 0.6 is 47.8 Å². The lowest BCUT2D eigenvalue weighted by Crippen LogP contribution is -2.57. The van der Waals surface area contributed by atoms with Crippen LogP contribution in [0, 0.1) is 5.92 Å². The van der Waals surface area contributed by atoms with Crippen LogP contribution < -0.4 is 16.0 Å². The molecule has 1 aliphatic rings. The van der Waals surface area contributed by atoms with Gasteiger partial charge in [-0.25, -0.2) is 0 Å². The molecule has 11 heteroatoms. The third kappa shape index (κ3) is 8.95. The first-order chi connectivity index (χ1) is 17.2. The van der Waals surface area contributed by atoms with E-state index in [0.29, 0.717) is 42.0 Å². The van der Waals surface area contributed by atoms with Gasteiger partial charge in [0.05, 0.1) is 11.5 Å². The number of hydrogen-bond acceptors (Lipinski definition) is 5. The van der Waals surface area contributed by atoms with Crippen molar-refractivity contribution in [3.8, 4) is 0 Å². The van der Waals surface area contributed by atoms with Gasteiger partial charge in [0.1, 0.15) is 6.04 Å². The lowest BCUT2D eigenvalue weighted by Gasteiger charge is -2.29. The van der Waals surface area contributed by atoms with E-state index in [-0.39, 0.29) is 17.8 Å². The first kappa shape index (κ1) is 29.3. The molecule has 2 aromatic rings. The van der Waals surface area contributed by atoms with E-state index in [9.17, 15) is 9.59 Å². The summed E-state index contributed by atoms with van der Waals surface area (Å²) in [5.41, 5.74) is 1.36. The smallest absolute Gasteiger partial charge is 0.408 e. The van der Waals surface area contributed by atoms with Crippen LogP contribution in [0.5, 0.6) is 0 Å². The quantitative estimate of drug-likeness (QED) is 0.267. The second kappa shape index (κ2) is 14.6. The van der Waals surface area contributed by atoms with E-state index in [2.05, 4.69) is 77.6 Å². The molecule has 1 saturated heterocycles. The summed E-state index contributed by atoms with van der Waals surface area (Å²) in [6, 6.07) is 12.4. The number of amides is 2. The SMILES string of the molecule is CC(C)C[C@H](NC(=O)[C@H](Cc1ccccc1)NC(=O)c1cc(Br)cc(Br)c1Br)B1OCCNCCO1. The third-order valence-electron chi connectivity index (χ3n) is 5.65. The van der Waals surface area contributed by atoms with Gasteiger partial charge in [-0.05, 0) is 61.9 Å². The predicted molar refractivity (Wildman–Crippen MR) is 153 cm³/mol. The second-order valence-corrected chi connectivity index (χ2v) is 11.6. The first-order valence-electron chi connectivity index (χ1n) is 12.0. The minimum atomic E-state index is -0.797. The van der Waals surface area contributed by atoms with Gasteiger partial charge >= 0.3 is 7.12 Å². The van der Waals surface area contributed by atoms with E-state index in [4.69, 9.17) is 9.31 Å². The maximum absolute atomic E-state index is 13.6. The third-order valence-corrected chi connectivity index (χ3v) is 8.12. The van der Waals surface area contributed by atoms with Crippen LogP contribution in [0.25, 0.3) is 0 Å². The van der Waals surface area contributed by atoms with Gasteiger partial charge in [-0.1, -0.05) is 60.1 Å². The zero-order valence-corrected chi connectivity index (χ0v) is 25.1. The molecule has 0 bridgehead atoms. The summed E-state index contributed by atoms with van der Waals surface area (Å²) in [7, 11) is -0.554. The van der Waals surface area contributed by atoms with Gasteiger partial charge in [0.15, 0.2) is 0 Å². The van der Waals surface area contributed by atoms with Gasteiger partial charge in [0.2, 0.25) is 5.91 Å². The minimum Gasteiger partial charge on any atom is -0.408 e. The number of nitrogens with one attached hydrogen (secondary N) is 3. The van der Waals surface area contributed by atoms with E-state index in [1.54, 1.807) is 6.07 Å². The van der Waals surface area contributed by atoms with Crippen LogP contribution in [-0.2, 0) is 20.5 Å². The molecular formula is C25H31BBr3N3O4. The molecule has 0 spiro atoms. The fraction of sp³-hybridized carbons (Fsp3) is 0.440. The maximum atomic E-state index is 13.6. The molecule has 0 aliphatic carbocycles. The lowest BCUT2D eigenvalue weighted by atomic mass is 9.73. The Labute approximate surface area is 238 Å². The fourth-order valence-corrected chi connectivity index (χ4v) is 5.58. The molecule has 7 nitrogen and oxygen atoms in total. The number of hydrogen-bond donors (Lipinski definition) is 3. The van der Waals surface area contributed by atoms with Crippen molar-refractivity contribution in [2.75, 3.05) is 26.3 Å². The molecule has 3 N–H and O–H groups in total. The summed E-state index contributed by atoms with van der Waals surface area (Å²) in [6.07, 6.45) is 1.02. The predicted octanol–water partition coefficient (Wildman–Crippen LogP) is 4.51. The maximum Gasteiger partial charge on any atom is 0.480 e. The van der Waals surface area contributed by atoms with Crippen molar-refractivity contribution in [1.29, 1.82) is 0 Å². The van der Waals surface area contributed by atoms with Gasteiger partial charge in [0, 0.05) is 46.1 Å². The summed E-state index contributed by atoms with van der Waals surface area (Å²) in [5, 5.41) is 9.30. The Kier molecular flexibility index (Phi) is 11.9. The Hall–Kier alpha value is -1.24. The van der Waals surface area contributed by atoms with Crippen molar-refractivity contribution in [3.05, 3.63) is 67.0 Å². The molecule has 36 heavy (non-hydrogen) atoms. The molecule has 0 aromatic heterocycles. The first-order valence-corrected chi connectivity index (χ1v) is 14.4. The summed E-state index contributed by atoms with van der Waals surface area (Å²) < 4.78 is 14.0. The Bertz CT molecular complexity index is 1020. The molecular weight excluding hydrogens is 657 g/mol. The number of carbonyl (C=O) groups excluding carboxylic acids is 2. The van der Waals surface area contributed by atoms with Gasteiger partial charge in [-0.15, -0.1) is 0 Å². The number of rotatable bonds is 9. The summed E-state index contributed by atoms with van der Waals surface area (Å²) in [4.78, 5) is 26.9. The van der Waals surface area contributed by atoms with Gasteiger partial charge in [-0.2, -0.15) is 0 Å². The summed E-state index contributed by atoms with van der Waals surface area (Å²) in [6.45, 7) is 6.62. The largest absolute Gasteiger partial charge is 0.480 e. The van der Waals surface area contributed by atoms with E-state index < -0.39 is 13.2 Å². The molecule has 2 aromatic carbocycles. The zero-order valence-electron chi connectivity index (χ0n) is 20.4. The van der Waals surface area contributed by atoms with E-state index >= 15 is 0 Å². The monoisotopic (exact) mass is 685 g/mol. The highest BCUT2D eigenvalue weighted by molar-refractivity contribution is 9.13. The van der Waals surface area contributed by atoms with Crippen LogP contribution in [0.15, 0.2) is 55.9 Å². The van der Waals surface area contributed by atoms with Crippen LogP contribution in [-0.4, -0.2) is 57.2 Å². The Morgan fingerprint density at radius 3 is 2.33 bits per heavy atom. The second-order valence-electron chi connectivity index (χ2n) is 9.07. The Morgan fingerprint density at radius 1 is 1.03 bits per heavy atom. The molecule has 2 amide bonds. The van der Waals surface area contributed by atoms with Crippen LogP contribution in [0.2, 0.25) is 0 Å². The Balaban J connectivity index is 1.83. The van der Waals surface area contributed by atoms with Crippen molar-refractivity contribution < 1.29 is 18.9 Å². The van der Waals surface area contributed by atoms with Gasteiger partial charge < -0.3 is 25.3 Å². The topological polar surface area (TPSA) is 88.7 Å². The van der Waals surface area contributed by atoms with E-state index in [1.165, 1.54) is 0 Å². The van der Waals surface area contributed by atoms with Crippen LogP contribution in [0.4, 0.5) is 0 Å². The summed E-state index contributed by atoms with van der Waals surface area (Å²) in [5.74, 6) is -0.680. The minimum absolute atomic E-state index is 0.282. The van der Waals surface area contributed by atoms with Crippen molar-refractivity contribution in [2.24, 2.45) is 5.92 Å². The number of benzene rings is 2. The van der Waals surface area contributed by atoms with Crippen molar-refractivity contribution in [3.63, 3.8) is 0 Å².